The molecular formula is C12H11N3O2. The molecule has 1 unspecified atom stereocenters. The van der Waals surface area contributed by atoms with Gasteiger partial charge in [-0.05, 0) is 6.07 Å². The third-order valence-electron chi connectivity index (χ3n) is 2.81. The van der Waals surface area contributed by atoms with Crippen LogP contribution < -0.4 is 16.0 Å². The van der Waals surface area contributed by atoms with Crippen LogP contribution in [0.25, 0.3) is 0 Å². The Morgan fingerprint density at radius 1 is 1.41 bits per heavy atom. The molecule has 1 atom stereocenters. The number of aromatic nitrogens is 2. The number of rotatable bonds is 1. The van der Waals surface area contributed by atoms with E-state index in [1.807, 2.05) is 24.3 Å². The van der Waals surface area contributed by atoms with Crippen molar-refractivity contribution in [3.8, 4) is 5.75 Å². The highest BCUT2D eigenvalue weighted by molar-refractivity contribution is 5.43. The number of benzene rings is 1. The van der Waals surface area contributed by atoms with E-state index in [1.165, 1.54) is 6.07 Å². The van der Waals surface area contributed by atoms with Gasteiger partial charge in [-0.25, -0.2) is 4.98 Å². The quantitative estimate of drug-likeness (QED) is 0.760. The van der Waals surface area contributed by atoms with Crippen molar-refractivity contribution < 1.29 is 4.74 Å². The van der Waals surface area contributed by atoms with Gasteiger partial charge in [-0.1, -0.05) is 18.2 Å². The van der Waals surface area contributed by atoms with E-state index in [4.69, 9.17) is 10.5 Å². The number of nitrogen functional groups attached to an aromatic ring is 1. The van der Waals surface area contributed by atoms with E-state index in [2.05, 4.69) is 9.97 Å². The Labute approximate surface area is 97.3 Å². The van der Waals surface area contributed by atoms with Crippen LogP contribution in [0.5, 0.6) is 5.75 Å². The fourth-order valence-electron chi connectivity index (χ4n) is 2.05. The van der Waals surface area contributed by atoms with Crippen molar-refractivity contribution in [1.29, 1.82) is 0 Å². The van der Waals surface area contributed by atoms with E-state index in [0.29, 0.717) is 12.4 Å². The lowest BCUT2D eigenvalue weighted by molar-refractivity contribution is 0.339. The summed E-state index contributed by atoms with van der Waals surface area (Å²) in [6, 6.07) is 8.99. The molecule has 2 aromatic rings. The van der Waals surface area contributed by atoms with Crippen molar-refractivity contribution in [3.05, 3.63) is 52.1 Å². The molecule has 0 bridgehead atoms. The van der Waals surface area contributed by atoms with Gasteiger partial charge in [0.05, 0.1) is 5.92 Å². The van der Waals surface area contributed by atoms with Gasteiger partial charge in [-0.15, -0.1) is 0 Å². The zero-order chi connectivity index (χ0) is 11.8. The minimum atomic E-state index is -0.239. The zero-order valence-electron chi connectivity index (χ0n) is 9.01. The molecule has 0 spiro atoms. The number of nitrogens with one attached hydrogen (secondary N) is 1. The summed E-state index contributed by atoms with van der Waals surface area (Å²) in [4.78, 5) is 18.2. The van der Waals surface area contributed by atoms with Crippen LogP contribution in [0.1, 0.15) is 17.3 Å². The Balaban J connectivity index is 2.10. The summed E-state index contributed by atoms with van der Waals surface area (Å²) in [5.41, 5.74) is 6.37. The summed E-state index contributed by atoms with van der Waals surface area (Å²) >= 11 is 0. The Morgan fingerprint density at radius 2 is 2.24 bits per heavy atom. The van der Waals surface area contributed by atoms with Crippen LogP contribution >= 0.6 is 0 Å². The standard InChI is InChI=1S/C12H11N3O2/c13-10-5-11(16)15-12(14-10)8-6-17-9-4-2-1-3-7(8)9/h1-5,8H,6H2,(H3,13,14,15,16). The van der Waals surface area contributed by atoms with Crippen LogP contribution in [0.3, 0.4) is 0 Å². The molecule has 5 nitrogen and oxygen atoms in total. The van der Waals surface area contributed by atoms with E-state index in [-0.39, 0.29) is 17.3 Å². The summed E-state index contributed by atoms with van der Waals surface area (Å²) in [6.07, 6.45) is 0. The molecule has 3 rings (SSSR count). The van der Waals surface area contributed by atoms with Crippen molar-refractivity contribution >= 4 is 5.82 Å². The van der Waals surface area contributed by atoms with Crippen LogP contribution in [0.4, 0.5) is 5.82 Å². The van der Waals surface area contributed by atoms with Crippen LogP contribution in [-0.2, 0) is 0 Å². The van der Waals surface area contributed by atoms with Gasteiger partial charge in [0.25, 0.3) is 5.56 Å². The van der Waals surface area contributed by atoms with Crippen LogP contribution in [-0.4, -0.2) is 16.6 Å². The number of fused-ring (bicyclic) bond motifs is 1. The molecule has 17 heavy (non-hydrogen) atoms. The second-order valence-corrected chi connectivity index (χ2v) is 3.96. The first-order chi connectivity index (χ1) is 8.24. The molecule has 1 aromatic carbocycles. The molecule has 5 heteroatoms. The predicted molar refractivity (Wildman–Crippen MR) is 63.1 cm³/mol. The van der Waals surface area contributed by atoms with E-state index >= 15 is 0 Å². The summed E-state index contributed by atoms with van der Waals surface area (Å²) in [7, 11) is 0. The maximum atomic E-state index is 11.4. The van der Waals surface area contributed by atoms with E-state index < -0.39 is 0 Å². The van der Waals surface area contributed by atoms with Gasteiger partial charge in [-0.2, -0.15) is 0 Å². The number of hydrogen-bond donors (Lipinski definition) is 2. The third-order valence-corrected chi connectivity index (χ3v) is 2.81. The predicted octanol–water partition coefficient (Wildman–Crippen LogP) is 0.876. The smallest absolute Gasteiger partial charge is 0.252 e. The first-order valence-electron chi connectivity index (χ1n) is 5.32. The Morgan fingerprint density at radius 3 is 3.06 bits per heavy atom. The molecule has 1 aliphatic heterocycles. The Kier molecular flexibility index (Phi) is 2.11. The lowest BCUT2D eigenvalue weighted by Crippen LogP contribution is -2.16. The average Bonchev–Trinajstić information content (AvgIpc) is 2.71. The fourth-order valence-corrected chi connectivity index (χ4v) is 2.05. The lowest BCUT2D eigenvalue weighted by atomic mass is 10.0. The Hall–Kier alpha value is -2.30. The number of aromatic amines is 1. The number of ether oxygens (including phenoxy) is 1. The lowest BCUT2D eigenvalue weighted by Gasteiger charge is -2.07. The molecule has 2 heterocycles. The number of nitrogens with two attached hydrogens (primary N) is 1. The molecule has 3 N–H and O–H groups in total. The Bertz CT molecular complexity index is 621. The van der Waals surface area contributed by atoms with Crippen molar-refractivity contribution in [2.75, 3.05) is 12.3 Å². The van der Waals surface area contributed by atoms with Gasteiger partial charge in [0.1, 0.15) is 24.0 Å². The van der Waals surface area contributed by atoms with Crippen molar-refractivity contribution in [3.63, 3.8) is 0 Å². The minimum Gasteiger partial charge on any atom is -0.492 e. The second kappa shape index (κ2) is 3.62. The maximum absolute atomic E-state index is 11.4. The molecule has 1 aliphatic rings. The van der Waals surface area contributed by atoms with Gasteiger partial charge >= 0.3 is 0 Å². The first-order valence-corrected chi connectivity index (χ1v) is 5.32. The molecule has 0 saturated heterocycles. The summed E-state index contributed by atoms with van der Waals surface area (Å²) in [5, 5.41) is 0. The number of anilines is 1. The highest BCUT2D eigenvalue weighted by Crippen LogP contribution is 2.36. The monoisotopic (exact) mass is 229 g/mol. The molecule has 0 saturated carbocycles. The molecular weight excluding hydrogens is 218 g/mol. The first kappa shape index (κ1) is 9.89. The minimum absolute atomic E-state index is 0.0533. The maximum Gasteiger partial charge on any atom is 0.252 e. The zero-order valence-corrected chi connectivity index (χ0v) is 9.01. The number of nitrogens with zero attached hydrogens (tertiary/aromatic N) is 1. The SMILES string of the molecule is Nc1cc(=O)[nH]c(C2COc3ccccc32)n1. The van der Waals surface area contributed by atoms with Crippen molar-refractivity contribution in [2.24, 2.45) is 0 Å². The van der Waals surface area contributed by atoms with Crippen molar-refractivity contribution in [2.45, 2.75) is 5.92 Å². The molecule has 0 aliphatic carbocycles. The highest BCUT2D eigenvalue weighted by atomic mass is 16.5. The van der Waals surface area contributed by atoms with Crippen LogP contribution in [0.15, 0.2) is 35.1 Å². The summed E-state index contributed by atoms with van der Waals surface area (Å²) < 4.78 is 5.54. The molecule has 1 aromatic heterocycles. The fraction of sp³-hybridized carbons (Fsp3) is 0.167. The van der Waals surface area contributed by atoms with E-state index in [0.717, 1.165) is 11.3 Å². The third kappa shape index (κ3) is 1.65. The van der Waals surface area contributed by atoms with Crippen LogP contribution in [0.2, 0.25) is 0 Å². The van der Waals surface area contributed by atoms with Crippen molar-refractivity contribution in [1.82, 2.24) is 9.97 Å². The van der Waals surface area contributed by atoms with Gasteiger partial charge in [0, 0.05) is 11.6 Å². The normalized spacial score (nSPS) is 17.5. The average molecular weight is 229 g/mol. The van der Waals surface area contributed by atoms with E-state index in [9.17, 15) is 4.79 Å². The second-order valence-electron chi connectivity index (χ2n) is 3.96. The van der Waals surface area contributed by atoms with Gasteiger partial charge < -0.3 is 15.5 Å². The van der Waals surface area contributed by atoms with E-state index in [1.54, 1.807) is 0 Å². The summed E-state index contributed by atoms with van der Waals surface area (Å²) in [5.74, 6) is 1.57. The largest absolute Gasteiger partial charge is 0.492 e. The molecule has 86 valence electrons. The highest BCUT2D eigenvalue weighted by Gasteiger charge is 2.27. The number of H-pyrrole nitrogens is 1. The van der Waals surface area contributed by atoms with Gasteiger partial charge in [0.15, 0.2) is 0 Å². The molecule has 0 radical (unpaired) electrons. The number of hydrogen-bond acceptors (Lipinski definition) is 4. The number of para-hydroxylation sites is 1. The van der Waals surface area contributed by atoms with Crippen LogP contribution in [0, 0.1) is 0 Å². The topological polar surface area (TPSA) is 81.0 Å². The van der Waals surface area contributed by atoms with Gasteiger partial charge in [-0.3, -0.25) is 4.79 Å². The van der Waals surface area contributed by atoms with Gasteiger partial charge in [0.2, 0.25) is 0 Å². The summed E-state index contributed by atoms with van der Waals surface area (Å²) in [6.45, 7) is 0.478. The molecule has 0 fully saturated rings. The molecule has 0 amide bonds.